The van der Waals surface area contributed by atoms with Crippen LogP contribution in [-0.4, -0.2) is 42.6 Å². The molecular weight excluding hydrogens is 396 g/mol. The van der Waals surface area contributed by atoms with Crippen LogP contribution < -0.4 is 14.8 Å². The molecule has 1 heterocycles. The fourth-order valence-electron chi connectivity index (χ4n) is 2.21. The minimum Gasteiger partial charge on any atom is -0.493 e. The highest BCUT2D eigenvalue weighted by atomic mass is 79.9. The number of nitrogens with zero attached hydrogens (tertiary/aromatic N) is 1. The van der Waals surface area contributed by atoms with Crippen molar-refractivity contribution in [1.82, 2.24) is 10.2 Å². The van der Waals surface area contributed by atoms with Gasteiger partial charge in [0.1, 0.15) is 5.57 Å². The van der Waals surface area contributed by atoms with Crippen molar-refractivity contribution in [3.8, 4) is 11.5 Å². The summed E-state index contributed by atoms with van der Waals surface area (Å²) in [5, 5.41) is 2.55. The summed E-state index contributed by atoms with van der Waals surface area (Å²) in [4.78, 5) is 26.0. The minimum absolute atomic E-state index is 0.0519. The zero-order chi connectivity index (χ0) is 17.9. The maximum absolute atomic E-state index is 12.6. The Morgan fingerprint density at radius 3 is 2.62 bits per heavy atom. The van der Waals surface area contributed by atoms with Crippen molar-refractivity contribution in [3.05, 3.63) is 40.4 Å². The van der Waals surface area contributed by atoms with Gasteiger partial charge in [-0.15, -0.1) is 6.58 Å². The number of methoxy groups -OCH3 is 2. The second kappa shape index (κ2) is 7.59. The molecule has 1 aromatic carbocycles. The molecule has 0 radical (unpaired) electrons. The van der Waals surface area contributed by atoms with Crippen molar-refractivity contribution in [3.63, 3.8) is 0 Å². The van der Waals surface area contributed by atoms with E-state index in [9.17, 15) is 9.59 Å². The van der Waals surface area contributed by atoms with Crippen LogP contribution in [0.3, 0.4) is 0 Å². The summed E-state index contributed by atoms with van der Waals surface area (Å²) in [6.45, 7) is 3.79. The third kappa shape index (κ3) is 3.49. The molecule has 0 aromatic heterocycles. The van der Waals surface area contributed by atoms with E-state index in [1.165, 1.54) is 31.3 Å². The van der Waals surface area contributed by atoms with Crippen LogP contribution in [0, 0.1) is 0 Å². The topological polar surface area (TPSA) is 67.9 Å². The van der Waals surface area contributed by atoms with Crippen molar-refractivity contribution in [1.29, 1.82) is 0 Å². The standard InChI is InChI=1S/C16H15BrN2O4S/c1-4-5-19-15(21)11(14(20)18-16(19)24)7-9-6-10(17)8-12(22-2)13(9)23-3/h4,6-8H,1,5H2,2-3H3,(H,18,20,24). The maximum Gasteiger partial charge on any atom is 0.265 e. The second-order valence-corrected chi connectivity index (χ2v) is 6.05. The lowest BCUT2D eigenvalue weighted by atomic mass is 10.1. The van der Waals surface area contributed by atoms with E-state index >= 15 is 0 Å². The predicted octanol–water partition coefficient (Wildman–Crippen LogP) is 2.28. The zero-order valence-electron chi connectivity index (χ0n) is 13.1. The molecule has 1 aromatic rings. The van der Waals surface area contributed by atoms with Crippen LogP contribution in [0.1, 0.15) is 5.56 Å². The molecule has 1 fully saturated rings. The van der Waals surface area contributed by atoms with Crippen molar-refractivity contribution in [2.75, 3.05) is 20.8 Å². The highest BCUT2D eigenvalue weighted by Gasteiger charge is 2.33. The Kier molecular flexibility index (Phi) is 5.74. The zero-order valence-corrected chi connectivity index (χ0v) is 15.5. The molecule has 6 nitrogen and oxygen atoms in total. The Morgan fingerprint density at radius 2 is 2.04 bits per heavy atom. The number of nitrogens with one attached hydrogen (secondary N) is 1. The van der Waals surface area contributed by atoms with Crippen molar-refractivity contribution < 1.29 is 19.1 Å². The number of carbonyl (C=O) groups is 2. The molecule has 1 N–H and O–H groups in total. The highest BCUT2D eigenvalue weighted by molar-refractivity contribution is 9.10. The summed E-state index contributed by atoms with van der Waals surface area (Å²) in [6, 6.07) is 3.45. The summed E-state index contributed by atoms with van der Waals surface area (Å²) in [7, 11) is 2.99. The molecule has 0 aliphatic carbocycles. The van der Waals surface area contributed by atoms with Gasteiger partial charge in [-0.2, -0.15) is 0 Å². The molecule has 8 heteroatoms. The number of ether oxygens (including phenoxy) is 2. The van der Waals surface area contributed by atoms with Gasteiger partial charge in [-0.05, 0) is 30.4 Å². The van der Waals surface area contributed by atoms with Crippen LogP contribution in [-0.2, 0) is 9.59 Å². The first-order chi connectivity index (χ1) is 11.4. The number of hydrogen-bond acceptors (Lipinski definition) is 5. The lowest BCUT2D eigenvalue weighted by Gasteiger charge is -2.27. The summed E-state index contributed by atoms with van der Waals surface area (Å²) in [5.41, 5.74) is 0.470. The highest BCUT2D eigenvalue weighted by Crippen LogP contribution is 2.36. The fourth-order valence-corrected chi connectivity index (χ4v) is 2.92. The lowest BCUT2D eigenvalue weighted by molar-refractivity contribution is -0.128. The van der Waals surface area contributed by atoms with Gasteiger partial charge in [0.15, 0.2) is 16.6 Å². The molecule has 0 spiro atoms. The Morgan fingerprint density at radius 1 is 1.33 bits per heavy atom. The van der Waals surface area contributed by atoms with E-state index in [1.807, 2.05) is 0 Å². The molecule has 1 aliphatic heterocycles. The van der Waals surface area contributed by atoms with E-state index in [0.29, 0.717) is 21.5 Å². The molecule has 2 amide bonds. The van der Waals surface area contributed by atoms with Crippen molar-refractivity contribution in [2.45, 2.75) is 0 Å². The first kappa shape index (κ1) is 18.2. The van der Waals surface area contributed by atoms with Crippen molar-refractivity contribution >= 4 is 51.2 Å². The molecule has 0 atom stereocenters. The second-order valence-electron chi connectivity index (χ2n) is 4.75. The van der Waals surface area contributed by atoms with Gasteiger partial charge in [0, 0.05) is 16.6 Å². The Hall–Kier alpha value is -2.19. The molecular formula is C16H15BrN2O4S. The van der Waals surface area contributed by atoms with E-state index < -0.39 is 11.8 Å². The first-order valence-corrected chi connectivity index (χ1v) is 8.04. The predicted molar refractivity (Wildman–Crippen MR) is 97.9 cm³/mol. The van der Waals surface area contributed by atoms with Gasteiger partial charge in [0.2, 0.25) is 0 Å². The average molecular weight is 411 g/mol. The van der Waals surface area contributed by atoms with Crippen LogP contribution in [0.15, 0.2) is 34.8 Å². The fraction of sp³-hybridized carbons (Fsp3) is 0.188. The third-order valence-electron chi connectivity index (χ3n) is 3.27. The van der Waals surface area contributed by atoms with Gasteiger partial charge in [-0.25, -0.2) is 0 Å². The summed E-state index contributed by atoms with van der Waals surface area (Å²) >= 11 is 8.38. The summed E-state index contributed by atoms with van der Waals surface area (Å²) in [6.07, 6.45) is 2.98. The smallest absolute Gasteiger partial charge is 0.265 e. The van der Waals surface area contributed by atoms with Gasteiger partial charge in [0.05, 0.1) is 14.2 Å². The number of benzene rings is 1. The number of rotatable bonds is 5. The number of thiocarbonyl (C=S) groups is 1. The first-order valence-electron chi connectivity index (χ1n) is 6.84. The van der Waals surface area contributed by atoms with E-state index in [4.69, 9.17) is 21.7 Å². The molecule has 126 valence electrons. The quantitative estimate of drug-likeness (QED) is 0.349. The summed E-state index contributed by atoms with van der Waals surface area (Å²) < 4.78 is 11.3. The van der Waals surface area contributed by atoms with Crippen LogP contribution in [0.5, 0.6) is 11.5 Å². The van der Waals surface area contributed by atoms with Crippen LogP contribution in [0.4, 0.5) is 0 Å². The van der Waals surface area contributed by atoms with Gasteiger partial charge in [-0.3, -0.25) is 19.8 Å². The van der Waals surface area contributed by atoms with Gasteiger partial charge >= 0.3 is 0 Å². The largest absolute Gasteiger partial charge is 0.493 e. The molecule has 0 saturated carbocycles. The van der Waals surface area contributed by atoms with Gasteiger partial charge in [-0.1, -0.05) is 22.0 Å². The molecule has 2 rings (SSSR count). The Balaban J connectivity index is 2.55. The van der Waals surface area contributed by atoms with E-state index in [-0.39, 0.29) is 17.2 Å². The maximum atomic E-state index is 12.6. The molecule has 0 bridgehead atoms. The molecule has 24 heavy (non-hydrogen) atoms. The lowest BCUT2D eigenvalue weighted by Crippen LogP contribution is -2.53. The number of hydrogen-bond donors (Lipinski definition) is 1. The molecule has 1 saturated heterocycles. The van der Waals surface area contributed by atoms with Crippen LogP contribution in [0.2, 0.25) is 0 Å². The average Bonchev–Trinajstić information content (AvgIpc) is 2.54. The van der Waals surface area contributed by atoms with Gasteiger partial charge < -0.3 is 9.47 Å². The van der Waals surface area contributed by atoms with Crippen LogP contribution in [0.25, 0.3) is 6.08 Å². The summed E-state index contributed by atoms with van der Waals surface area (Å²) in [5.74, 6) is -0.172. The van der Waals surface area contributed by atoms with E-state index in [1.54, 1.807) is 12.1 Å². The Labute approximate surface area is 153 Å². The van der Waals surface area contributed by atoms with E-state index in [0.717, 1.165) is 0 Å². The third-order valence-corrected chi connectivity index (χ3v) is 4.05. The number of amides is 2. The molecule has 0 unspecified atom stereocenters. The van der Waals surface area contributed by atoms with E-state index in [2.05, 4.69) is 27.8 Å². The van der Waals surface area contributed by atoms with Crippen LogP contribution >= 0.6 is 28.1 Å². The Bertz CT molecular complexity index is 761. The number of halogens is 1. The number of carbonyl (C=O) groups excluding carboxylic acids is 2. The van der Waals surface area contributed by atoms with Gasteiger partial charge in [0.25, 0.3) is 11.8 Å². The SMILES string of the molecule is C=CCN1C(=O)C(=Cc2cc(Br)cc(OC)c2OC)C(=O)NC1=S. The van der Waals surface area contributed by atoms with Crippen molar-refractivity contribution in [2.24, 2.45) is 0 Å². The molecule has 1 aliphatic rings. The minimum atomic E-state index is -0.564. The monoisotopic (exact) mass is 410 g/mol. The normalized spacial score (nSPS) is 16.2.